The molecule has 0 bridgehead atoms. The topological polar surface area (TPSA) is 32.3 Å². The van der Waals surface area contributed by atoms with E-state index in [1.54, 1.807) is 6.07 Å². The fourth-order valence-corrected chi connectivity index (χ4v) is 3.75. The van der Waals surface area contributed by atoms with Crippen LogP contribution in [0.15, 0.2) is 18.2 Å². The molecule has 1 amide bonds. The first kappa shape index (κ1) is 13.9. The first-order valence-electron chi connectivity index (χ1n) is 7.47. The number of nitrogens with one attached hydrogen (secondary N) is 1. The van der Waals surface area contributed by atoms with E-state index in [0.717, 1.165) is 37.1 Å². The van der Waals surface area contributed by atoms with Gasteiger partial charge in [0.15, 0.2) is 0 Å². The minimum Gasteiger partial charge on any atom is -0.334 e. The van der Waals surface area contributed by atoms with Crippen molar-refractivity contribution in [1.29, 1.82) is 0 Å². The summed E-state index contributed by atoms with van der Waals surface area (Å²) in [6.45, 7) is 3.92. The van der Waals surface area contributed by atoms with Crippen LogP contribution in [0.25, 0.3) is 0 Å². The summed E-state index contributed by atoms with van der Waals surface area (Å²) in [5.41, 5.74) is 1.76. The van der Waals surface area contributed by atoms with Gasteiger partial charge >= 0.3 is 0 Å². The smallest absolute Gasteiger partial charge is 0.254 e. The average Bonchev–Trinajstić information content (AvgIpc) is 3.09. The minimum atomic E-state index is 0.162. The molecule has 2 atom stereocenters. The molecule has 1 aromatic rings. The first-order chi connectivity index (χ1) is 9.66. The number of likely N-dealkylation sites (tertiary alicyclic amines) is 1. The van der Waals surface area contributed by atoms with Gasteiger partial charge in [-0.1, -0.05) is 11.6 Å². The van der Waals surface area contributed by atoms with Gasteiger partial charge < -0.3 is 10.2 Å². The molecule has 2 unspecified atom stereocenters. The van der Waals surface area contributed by atoms with Crippen LogP contribution >= 0.6 is 11.6 Å². The summed E-state index contributed by atoms with van der Waals surface area (Å²) in [6.07, 6.45) is 4.65. The molecular formula is C16H21ClN2O. The van der Waals surface area contributed by atoms with Crippen molar-refractivity contribution in [2.24, 2.45) is 0 Å². The summed E-state index contributed by atoms with van der Waals surface area (Å²) in [7, 11) is 0. The predicted octanol–water partition coefficient (Wildman–Crippen LogP) is 3.01. The maximum Gasteiger partial charge on any atom is 0.254 e. The Morgan fingerprint density at radius 1 is 1.35 bits per heavy atom. The van der Waals surface area contributed by atoms with Crippen molar-refractivity contribution in [3.63, 3.8) is 0 Å². The van der Waals surface area contributed by atoms with E-state index in [4.69, 9.17) is 11.6 Å². The fraction of sp³-hybridized carbons (Fsp3) is 0.562. The highest BCUT2D eigenvalue weighted by atomic mass is 35.5. The normalized spacial score (nSPS) is 26.2. The van der Waals surface area contributed by atoms with E-state index in [9.17, 15) is 4.79 Å². The van der Waals surface area contributed by atoms with Gasteiger partial charge in [-0.15, -0.1) is 0 Å². The van der Waals surface area contributed by atoms with Crippen molar-refractivity contribution in [1.82, 2.24) is 10.2 Å². The monoisotopic (exact) mass is 292 g/mol. The van der Waals surface area contributed by atoms with Crippen LogP contribution in [0.2, 0.25) is 5.02 Å². The van der Waals surface area contributed by atoms with E-state index in [-0.39, 0.29) is 5.91 Å². The van der Waals surface area contributed by atoms with Crippen LogP contribution in [0.3, 0.4) is 0 Å². The Hall–Kier alpha value is -1.06. The maximum absolute atomic E-state index is 12.8. The van der Waals surface area contributed by atoms with Crippen molar-refractivity contribution in [3.05, 3.63) is 34.3 Å². The van der Waals surface area contributed by atoms with Gasteiger partial charge in [0.2, 0.25) is 0 Å². The first-order valence-corrected chi connectivity index (χ1v) is 7.85. The number of carbonyl (C=O) groups is 1. The molecule has 2 aliphatic rings. The van der Waals surface area contributed by atoms with E-state index in [1.165, 1.54) is 12.8 Å². The molecule has 0 saturated carbocycles. The van der Waals surface area contributed by atoms with Crippen molar-refractivity contribution in [2.75, 3.05) is 13.1 Å². The Balaban J connectivity index is 1.81. The highest BCUT2D eigenvalue weighted by Gasteiger charge is 2.36. The Kier molecular flexibility index (Phi) is 3.99. The Morgan fingerprint density at radius 2 is 2.20 bits per heavy atom. The molecule has 1 aromatic carbocycles. The van der Waals surface area contributed by atoms with Gasteiger partial charge in [0, 0.05) is 29.2 Å². The molecule has 20 heavy (non-hydrogen) atoms. The van der Waals surface area contributed by atoms with E-state index < -0.39 is 0 Å². The largest absolute Gasteiger partial charge is 0.334 e. The number of halogens is 1. The zero-order valence-corrected chi connectivity index (χ0v) is 12.6. The molecule has 2 saturated heterocycles. The lowest BCUT2D eigenvalue weighted by atomic mass is 10.0. The Labute approximate surface area is 125 Å². The number of rotatable bonds is 2. The Bertz CT molecular complexity index is 511. The molecule has 3 rings (SSSR count). The van der Waals surface area contributed by atoms with Gasteiger partial charge in [-0.3, -0.25) is 4.79 Å². The number of amides is 1. The number of nitrogens with zero attached hydrogens (tertiary/aromatic N) is 1. The third-order valence-electron chi connectivity index (χ3n) is 4.54. The Morgan fingerprint density at radius 3 is 2.90 bits per heavy atom. The summed E-state index contributed by atoms with van der Waals surface area (Å²) < 4.78 is 0. The quantitative estimate of drug-likeness (QED) is 0.909. The van der Waals surface area contributed by atoms with Crippen molar-refractivity contribution in [2.45, 2.75) is 44.7 Å². The van der Waals surface area contributed by atoms with Gasteiger partial charge in [-0.2, -0.15) is 0 Å². The molecule has 0 spiro atoms. The van der Waals surface area contributed by atoms with Crippen molar-refractivity contribution < 1.29 is 4.79 Å². The highest BCUT2D eigenvalue weighted by molar-refractivity contribution is 6.30. The van der Waals surface area contributed by atoms with Crippen LogP contribution in [-0.2, 0) is 0 Å². The van der Waals surface area contributed by atoms with Gasteiger partial charge in [0.05, 0.1) is 0 Å². The molecule has 1 N–H and O–H groups in total. The van der Waals surface area contributed by atoms with Crippen molar-refractivity contribution >= 4 is 17.5 Å². The van der Waals surface area contributed by atoms with Gasteiger partial charge in [-0.05, 0) is 62.9 Å². The zero-order valence-electron chi connectivity index (χ0n) is 11.9. The second-order valence-corrected chi connectivity index (χ2v) is 6.31. The molecular weight excluding hydrogens is 272 g/mol. The third kappa shape index (κ3) is 2.57. The van der Waals surface area contributed by atoms with E-state index in [1.807, 2.05) is 19.1 Å². The van der Waals surface area contributed by atoms with Crippen LogP contribution in [0, 0.1) is 6.92 Å². The lowest BCUT2D eigenvalue weighted by Crippen LogP contribution is -2.46. The van der Waals surface area contributed by atoms with Crippen LogP contribution in [0.4, 0.5) is 0 Å². The molecule has 3 nitrogen and oxygen atoms in total. The SMILES string of the molecule is Cc1cc(Cl)ccc1C(=O)N1CCCC1C1CCCN1. The summed E-state index contributed by atoms with van der Waals surface area (Å²) >= 11 is 5.98. The number of benzene rings is 1. The standard InChI is InChI=1S/C16H21ClN2O/c1-11-10-12(17)6-7-13(11)16(20)19-9-3-5-15(19)14-4-2-8-18-14/h6-7,10,14-15,18H,2-5,8-9H2,1H3. The lowest BCUT2D eigenvalue weighted by molar-refractivity contribution is 0.0710. The predicted molar refractivity (Wildman–Crippen MR) is 81.3 cm³/mol. The fourth-order valence-electron chi connectivity index (χ4n) is 3.52. The molecule has 4 heteroatoms. The van der Waals surface area contributed by atoms with E-state index in [2.05, 4.69) is 10.2 Å². The maximum atomic E-state index is 12.8. The van der Waals surface area contributed by atoms with Crippen molar-refractivity contribution in [3.8, 4) is 0 Å². The number of aryl methyl sites for hydroxylation is 1. The van der Waals surface area contributed by atoms with Crippen LogP contribution in [-0.4, -0.2) is 36.0 Å². The van der Waals surface area contributed by atoms with Crippen LogP contribution < -0.4 is 5.32 Å². The summed E-state index contributed by atoms with van der Waals surface area (Å²) in [5.74, 6) is 0.162. The van der Waals surface area contributed by atoms with Gasteiger partial charge in [0.1, 0.15) is 0 Å². The molecule has 0 aliphatic carbocycles. The average molecular weight is 293 g/mol. The molecule has 2 heterocycles. The summed E-state index contributed by atoms with van der Waals surface area (Å²) in [5, 5.41) is 4.23. The second kappa shape index (κ2) is 5.74. The van der Waals surface area contributed by atoms with Crippen LogP contribution in [0.5, 0.6) is 0 Å². The zero-order chi connectivity index (χ0) is 14.1. The van der Waals surface area contributed by atoms with E-state index >= 15 is 0 Å². The minimum absolute atomic E-state index is 0.162. The van der Waals surface area contributed by atoms with Gasteiger partial charge in [0.25, 0.3) is 5.91 Å². The molecule has 0 radical (unpaired) electrons. The third-order valence-corrected chi connectivity index (χ3v) is 4.78. The molecule has 108 valence electrons. The molecule has 2 aliphatic heterocycles. The summed E-state index contributed by atoms with van der Waals surface area (Å²) in [4.78, 5) is 14.9. The molecule has 0 aromatic heterocycles. The van der Waals surface area contributed by atoms with Gasteiger partial charge in [-0.25, -0.2) is 0 Å². The lowest BCUT2D eigenvalue weighted by Gasteiger charge is -2.30. The van der Waals surface area contributed by atoms with E-state index in [0.29, 0.717) is 17.1 Å². The van der Waals surface area contributed by atoms with Crippen LogP contribution in [0.1, 0.15) is 41.6 Å². The number of hydrogen-bond acceptors (Lipinski definition) is 2. The second-order valence-electron chi connectivity index (χ2n) is 5.87. The summed E-state index contributed by atoms with van der Waals surface area (Å²) in [6, 6.07) is 6.38. The number of hydrogen-bond donors (Lipinski definition) is 1. The molecule has 2 fully saturated rings. The number of carbonyl (C=O) groups excluding carboxylic acids is 1. The highest BCUT2D eigenvalue weighted by Crippen LogP contribution is 2.27.